The molecule has 98 valence electrons. The van der Waals surface area contributed by atoms with Crippen LogP contribution in [0.25, 0.3) is 0 Å². The fourth-order valence-electron chi connectivity index (χ4n) is 1.44. The van der Waals surface area contributed by atoms with Crippen LogP contribution in [-0.2, 0) is 20.7 Å². The molecule has 1 atom stereocenters. The summed E-state index contributed by atoms with van der Waals surface area (Å²) in [7, 11) is 1.32. The van der Waals surface area contributed by atoms with Gasteiger partial charge < -0.3 is 14.9 Å². The van der Waals surface area contributed by atoms with Gasteiger partial charge in [0.05, 0.1) is 7.11 Å². The molecule has 0 aliphatic heterocycles. The molecule has 0 radical (unpaired) electrons. The van der Waals surface area contributed by atoms with Gasteiger partial charge in [-0.3, -0.25) is 4.79 Å². The number of aliphatic hydroxyl groups is 1. The van der Waals surface area contributed by atoms with Crippen LogP contribution < -0.4 is 0 Å². The molecule has 0 saturated carbocycles. The van der Waals surface area contributed by atoms with E-state index in [4.69, 9.17) is 5.11 Å². The summed E-state index contributed by atoms with van der Waals surface area (Å²) in [5.74, 6) is -1.62. The van der Waals surface area contributed by atoms with Crippen LogP contribution in [0.3, 0.4) is 0 Å². The van der Waals surface area contributed by atoms with Crippen LogP contribution in [0.1, 0.15) is 23.7 Å². The largest absolute Gasteiger partial charge is 0.479 e. The average Bonchev–Trinajstić information content (AvgIpc) is 2.36. The van der Waals surface area contributed by atoms with Crippen molar-refractivity contribution >= 4 is 34.5 Å². The zero-order chi connectivity index (χ0) is 13.7. The lowest BCUT2D eigenvalue weighted by Gasteiger charge is -2.10. The monoisotopic (exact) mass is 364 g/mol. The summed E-state index contributed by atoms with van der Waals surface area (Å²) in [6.07, 6.45) is -0.872. The highest BCUT2D eigenvalue weighted by Crippen LogP contribution is 2.21. The zero-order valence-corrected chi connectivity index (χ0v) is 11.9. The number of ether oxygens (including phenoxy) is 1. The number of hydrogen-bond donors (Lipinski definition) is 2. The van der Waals surface area contributed by atoms with Gasteiger partial charge in [-0.1, -0.05) is 12.1 Å². The van der Waals surface area contributed by atoms with Crippen LogP contribution in [-0.4, -0.2) is 29.3 Å². The van der Waals surface area contributed by atoms with E-state index in [2.05, 4.69) is 27.3 Å². The van der Waals surface area contributed by atoms with Crippen molar-refractivity contribution in [2.24, 2.45) is 0 Å². The van der Waals surface area contributed by atoms with E-state index in [0.717, 1.165) is 9.13 Å². The first-order valence-corrected chi connectivity index (χ1v) is 6.29. The first kappa shape index (κ1) is 14.9. The Bertz CT molecular complexity index is 458. The molecule has 0 amide bonds. The van der Waals surface area contributed by atoms with Crippen molar-refractivity contribution in [3.63, 3.8) is 0 Å². The number of hydrogen-bond acceptors (Lipinski definition) is 4. The van der Waals surface area contributed by atoms with E-state index in [0.29, 0.717) is 12.0 Å². The zero-order valence-electron chi connectivity index (χ0n) is 9.72. The molecule has 0 bridgehead atoms. The highest BCUT2D eigenvalue weighted by atomic mass is 127. The van der Waals surface area contributed by atoms with Crippen molar-refractivity contribution in [3.05, 3.63) is 32.9 Å². The lowest BCUT2D eigenvalue weighted by Crippen LogP contribution is -2.11. The summed E-state index contributed by atoms with van der Waals surface area (Å²) in [6, 6.07) is 4.88. The second kappa shape index (κ2) is 6.69. The SMILES string of the molecule is COC(=O)CCc1cc(C(O)C(=O)O)ccc1I. The molecule has 0 fully saturated rings. The topological polar surface area (TPSA) is 83.8 Å². The Labute approximate surface area is 118 Å². The number of esters is 1. The number of carboxylic acids is 1. The highest BCUT2D eigenvalue weighted by Gasteiger charge is 2.17. The van der Waals surface area contributed by atoms with E-state index in [1.807, 2.05) is 0 Å². The number of rotatable bonds is 5. The van der Waals surface area contributed by atoms with E-state index < -0.39 is 12.1 Å². The third-order valence-electron chi connectivity index (χ3n) is 2.45. The van der Waals surface area contributed by atoms with Gasteiger partial charge in [0.15, 0.2) is 6.10 Å². The number of carbonyl (C=O) groups is 2. The van der Waals surface area contributed by atoms with Gasteiger partial charge in [-0.2, -0.15) is 0 Å². The van der Waals surface area contributed by atoms with Gasteiger partial charge in [-0.05, 0) is 46.2 Å². The maximum atomic E-state index is 11.1. The van der Waals surface area contributed by atoms with Crippen molar-refractivity contribution in [2.75, 3.05) is 7.11 Å². The Morgan fingerprint density at radius 3 is 2.67 bits per heavy atom. The molecule has 0 heterocycles. The van der Waals surface area contributed by atoms with E-state index in [1.165, 1.54) is 7.11 Å². The van der Waals surface area contributed by atoms with Crippen molar-refractivity contribution < 1.29 is 24.5 Å². The van der Waals surface area contributed by atoms with Crippen LogP contribution >= 0.6 is 22.6 Å². The molecule has 0 aliphatic carbocycles. The number of methoxy groups -OCH3 is 1. The lowest BCUT2D eigenvalue weighted by atomic mass is 10.0. The number of aryl methyl sites for hydroxylation is 1. The number of benzene rings is 1. The number of carboxylic acid groups (broad SMARTS) is 1. The van der Waals surface area contributed by atoms with Gasteiger partial charge in [0.1, 0.15) is 0 Å². The van der Waals surface area contributed by atoms with Gasteiger partial charge in [0, 0.05) is 9.99 Å². The van der Waals surface area contributed by atoms with Gasteiger partial charge in [0.2, 0.25) is 0 Å². The number of halogens is 1. The van der Waals surface area contributed by atoms with E-state index >= 15 is 0 Å². The Morgan fingerprint density at radius 1 is 1.44 bits per heavy atom. The van der Waals surface area contributed by atoms with Crippen LogP contribution in [0.5, 0.6) is 0 Å². The Balaban J connectivity index is 2.87. The standard InChI is InChI=1S/C12H13IO5/c1-18-10(14)5-3-7-6-8(2-4-9(7)13)11(15)12(16)17/h2,4,6,11,15H,3,5H2,1H3,(H,16,17). The molecule has 1 rings (SSSR count). The van der Waals surface area contributed by atoms with Crippen LogP contribution in [0, 0.1) is 3.57 Å². The molecule has 1 unspecified atom stereocenters. The minimum atomic E-state index is -1.54. The summed E-state index contributed by atoms with van der Waals surface area (Å²) in [5.41, 5.74) is 1.13. The molecular formula is C12H13IO5. The van der Waals surface area contributed by atoms with Crippen LogP contribution in [0.15, 0.2) is 18.2 Å². The Kier molecular flexibility index (Phi) is 5.54. The second-order valence-corrected chi connectivity index (χ2v) is 4.83. The molecule has 2 N–H and O–H groups in total. The van der Waals surface area contributed by atoms with Gasteiger partial charge in [-0.25, -0.2) is 4.79 Å². The van der Waals surface area contributed by atoms with Gasteiger partial charge in [-0.15, -0.1) is 0 Å². The molecule has 0 spiro atoms. The predicted octanol–water partition coefficient (Wildman–Crippen LogP) is 1.51. The molecule has 1 aromatic carbocycles. The van der Waals surface area contributed by atoms with Crippen molar-refractivity contribution in [2.45, 2.75) is 18.9 Å². The average molecular weight is 364 g/mol. The summed E-state index contributed by atoms with van der Waals surface area (Å²) < 4.78 is 5.46. The van der Waals surface area contributed by atoms with Crippen LogP contribution in [0.4, 0.5) is 0 Å². The van der Waals surface area contributed by atoms with Gasteiger partial charge in [0.25, 0.3) is 0 Å². The van der Waals surface area contributed by atoms with Crippen LogP contribution in [0.2, 0.25) is 0 Å². The summed E-state index contributed by atoms with van der Waals surface area (Å²) >= 11 is 2.10. The smallest absolute Gasteiger partial charge is 0.337 e. The third-order valence-corrected chi connectivity index (χ3v) is 3.50. The molecular weight excluding hydrogens is 351 g/mol. The maximum Gasteiger partial charge on any atom is 0.337 e. The second-order valence-electron chi connectivity index (χ2n) is 3.67. The summed E-state index contributed by atoms with van der Waals surface area (Å²) in [6.45, 7) is 0. The minimum Gasteiger partial charge on any atom is -0.479 e. The molecule has 6 heteroatoms. The number of aliphatic hydroxyl groups excluding tert-OH is 1. The Morgan fingerprint density at radius 2 is 2.11 bits per heavy atom. The van der Waals surface area contributed by atoms with Crippen molar-refractivity contribution in [3.8, 4) is 0 Å². The minimum absolute atomic E-state index is 0.221. The van der Waals surface area contributed by atoms with Crippen molar-refractivity contribution in [1.82, 2.24) is 0 Å². The summed E-state index contributed by atoms with van der Waals surface area (Å²) in [5, 5.41) is 18.2. The summed E-state index contributed by atoms with van der Waals surface area (Å²) in [4.78, 5) is 21.7. The molecule has 0 aromatic heterocycles. The predicted molar refractivity (Wildman–Crippen MR) is 72.1 cm³/mol. The molecule has 0 aliphatic rings. The normalized spacial score (nSPS) is 11.9. The maximum absolute atomic E-state index is 11.1. The lowest BCUT2D eigenvalue weighted by molar-refractivity contribution is -0.147. The molecule has 0 saturated heterocycles. The third kappa shape index (κ3) is 3.95. The number of aliphatic carboxylic acids is 1. The fourth-order valence-corrected chi connectivity index (χ4v) is 2.04. The number of carbonyl (C=O) groups excluding carboxylic acids is 1. The quantitative estimate of drug-likeness (QED) is 0.612. The highest BCUT2D eigenvalue weighted by molar-refractivity contribution is 14.1. The molecule has 5 nitrogen and oxygen atoms in total. The molecule has 1 aromatic rings. The van der Waals surface area contributed by atoms with E-state index in [1.54, 1.807) is 18.2 Å². The van der Waals surface area contributed by atoms with E-state index in [9.17, 15) is 14.7 Å². The fraction of sp³-hybridized carbons (Fsp3) is 0.333. The molecule has 18 heavy (non-hydrogen) atoms. The first-order chi connectivity index (χ1) is 8.45. The van der Waals surface area contributed by atoms with Crippen molar-refractivity contribution in [1.29, 1.82) is 0 Å². The first-order valence-electron chi connectivity index (χ1n) is 5.21. The Hall–Kier alpha value is -1.15. The van der Waals surface area contributed by atoms with E-state index in [-0.39, 0.29) is 12.4 Å². The van der Waals surface area contributed by atoms with Gasteiger partial charge >= 0.3 is 11.9 Å².